The van der Waals surface area contributed by atoms with Crippen LogP contribution in [0.2, 0.25) is 0 Å². The molecule has 1 aliphatic rings. The summed E-state index contributed by atoms with van der Waals surface area (Å²) in [5, 5.41) is 0. The Bertz CT molecular complexity index is 265. The van der Waals surface area contributed by atoms with Crippen LogP contribution in [0.25, 0.3) is 0 Å². The second-order valence-electron chi connectivity index (χ2n) is 3.97. The Labute approximate surface area is 79.4 Å². The molecule has 2 heteroatoms. The van der Waals surface area contributed by atoms with E-state index in [0.29, 0.717) is 5.41 Å². The quantitative estimate of drug-likeness (QED) is 0.705. The third-order valence-corrected chi connectivity index (χ3v) is 2.97. The van der Waals surface area contributed by atoms with Crippen LogP contribution in [-0.2, 0) is 5.41 Å². The summed E-state index contributed by atoms with van der Waals surface area (Å²) < 4.78 is 0. The minimum atomic E-state index is 0.421. The van der Waals surface area contributed by atoms with E-state index in [1.807, 2.05) is 6.20 Å². The molecule has 13 heavy (non-hydrogen) atoms. The molecule has 1 aromatic rings. The largest absolute Gasteiger partial charge is 0.261 e. The first-order valence-electron chi connectivity index (χ1n) is 5.14. The first-order valence-corrected chi connectivity index (χ1v) is 5.14. The summed E-state index contributed by atoms with van der Waals surface area (Å²) in [6.07, 6.45) is 12.0. The fourth-order valence-electron chi connectivity index (χ4n) is 1.87. The highest BCUT2D eigenvalue weighted by atomic mass is 14.8. The number of nitrogens with zero attached hydrogens (tertiary/aromatic N) is 2. The van der Waals surface area contributed by atoms with Crippen molar-refractivity contribution in [3.05, 3.63) is 24.3 Å². The lowest BCUT2D eigenvalue weighted by atomic mass is 9.96. The third-order valence-electron chi connectivity index (χ3n) is 2.97. The first-order chi connectivity index (χ1) is 6.37. The minimum absolute atomic E-state index is 0.421. The van der Waals surface area contributed by atoms with Crippen molar-refractivity contribution in [3.8, 4) is 0 Å². The predicted octanol–water partition coefficient (Wildman–Crippen LogP) is 2.70. The normalized spacial score (nSPS) is 18.5. The fraction of sp³-hybridized carbons (Fsp3) is 0.636. The Hall–Kier alpha value is -0.920. The summed E-state index contributed by atoms with van der Waals surface area (Å²) in [4.78, 5) is 8.54. The van der Waals surface area contributed by atoms with Gasteiger partial charge in [-0.2, -0.15) is 0 Å². The maximum atomic E-state index is 4.40. The Balaban J connectivity index is 2.07. The molecular formula is C11H16N2. The molecule has 0 amide bonds. The Kier molecular flexibility index (Phi) is 2.30. The average Bonchev–Trinajstić information content (AvgIpc) is 2.97. The Morgan fingerprint density at radius 2 is 2.23 bits per heavy atom. The van der Waals surface area contributed by atoms with Gasteiger partial charge in [-0.05, 0) is 19.3 Å². The van der Waals surface area contributed by atoms with E-state index >= 15 is 0 Å². The van der Waals surface area contributed by atoms with Crippen LogP contribution in [0.15, 0.2) is 18.6 Å². The van der Waals surface area contributed by atoms with Crippen LogP contribution in [0.4, 0.5) is 0 Å². The molecule has 0 radical (unpaired) electrons. The van der Waals surface area contributed by atoms with Crippen molar-refractivity contribution in [2.75, 3.05) is 0 Å². The van der Waals surface area contributed by atoms with E-state index in [1.165, 1.54) is 37.8 Å². The Morgan fingerprint density at radius 3 is 2.77 bits per heavy atom. The monoisotopic (exact) mass is 176 g/mol. The second kappa shape index (κ2) is 3.44. The van der Waals surface area contributed by atoms with Crippen LogP contribution in [0, 0.1) is 0 Å². The highest BCUT2D eigenvalue weighted by Gasteiger charge is 2.44. The number of hydrogen-bond donors (Lipinski definition) is 0. The lowest BCUT2D eigenvalue weighted by Gasteiger charge is -2.12. The molecule has 2 rings (SSSR count). The van der Waals surface area contributed by atoms with Gasteiger partial charge in [0.05, 0.1) is 5.69 Å². The van der Waals surface area contributed by atoms with E-state index in [2.05, 4.69) is 16.9 Å². The van der Waals surface area contributed by atoms with E-state index in [1.54, 1.807) is 12.4 Å². The molecule has 0 saturated heterocycles. The van der Waals surface area contributed by atoms with E-state index in [0.717, 1.165) is 0 Å². The molecule has 1 heterocycles. The number of aromatic nitrogens is 2. The van der Waals surface area contributed by atoms with Crippen molar-refractivity contribution in [2.24, 2.45) is 0 Å². The second-order valence-corrected chi connectivity index (χ2v) is 3.97. The maximum absolute atomic E-state index is 4.40. The SMILES string of the molecule is CCCCC1(c2cnccn2)CC1. The van der Waals surface area contributed by atoms with E-state index in [-0.39, 0.29) is 0 Å². The van der Waals surface area contributed by atoms with Gasteiger partial charge in [-0.1, -0.05) is 19.8 Å². The molecule has 0 bridgehead atoms. The van der Waals surface area contributed by atoms with Crippen LogP contribution < -0.4 is 0 Å². The van der Waals surface area contributed by atoms with E-state index in [4.69, 9.17) is 0 Å². The van der Waals surface area contributed by atoms with E-state index < -0.39 is 0 Å². The van der Waals surface area contributed by atoms with Gasteiger partial charge >= 0.3 is 0 Å². The zero-order valence-electron chi connectivity index (χ0n) is 8.16. The summed E-state index contributed by atoms with van der Waals surface area (Å²) >= 11 is 0. The van der Waals surface area contributed by atoms with Crippen molar-refractivity contribution in [1.29, 1.82) is 0 Å². The van der Waals surface area contributed by atoms with Crippen LogP contribution in [0.5, 0.6) is 0 Å². The fourth-order valence-corrected chi connectivity index (χ4v) is 1.87. The van der Waals surface area contributed by atoms with Crippen molar-refractivity contribution in [1.82, 2.24) is 9.97 Å². The highest BCUT2D eigenvalue weighted by molar-refractivity contribution is 5.21. The predicted molar refractivity (Wildman–Crippen MR) is 52.5 cm³/mol. The molecule has 0 atom stereocenters. The van der Waals surface area contributed by atoms with Crippen molar-refractivity contribution in [3.63, 3.8) is 0 Å². The van der Waals surface area contributed by atoms with Crippen LogP contribution in [-0.4, -0.2) is 9.97 Å². The molecule has 0 spiro atoms. The minimum Gasteiger partial charge on any atom is -0.261 e. The zero-order valence-corrected chi connectivity index (χ0v) is 8.16. The topological polar surface area (TPSA) is 25.8 Å². The first kappa shape index (κ1) is 8.67. The molecular weight excluding hydrogens is 160 g/mol. The maximum Gasteiger partial charge on any atom is 0.0648 e. The molecule has 1 aliphatic carbocycles. The number of hydrogen-bond acceptors (Lipinski definition) is 2. The Morgan fingerprint density at radius 1 is 1.38 bits per heavy atom. The standard InChI is InChI=1S/C11H16N2/c1-2-3-4-11(5-6-11)10-9-12-7-8-13-10/h7-9H,2-6H2,1H3. The summed E-state index contributed by atoms with van der Waals surface area (Å²) in [7, 11) is 0. The van der Waals surface area contributed by atoms with Crippen molar-refractivity contribution < 1.29 is 0 Å². The summed E-state index contributed by atoms with van der Waals surface area (Å²) in [5.41, 5.74) is 1.63. The van der Waals surface area contributed by atoms with Gasteiger partial charge < -0.3 is 0 Å². The summed E-state index contributed by atoms with van der Waals surface area (Å²) in [5.74, 6) is 0. The molecule has 1 saturated carbocycles. The molecule has 0 aromatic carbocycles. The summed E-state index contributed by atoms with van der Waals surface area (Å²) in [6, 6.07) is 0. The van der Waals surface area contributed by atoms with Gasteiger partial charge in [-0.3, -0.25) is 9.97 Å². The van der Waals surface area contributed by atoms with Gasteiger partial charge in [-0.25, -0.2) is 0 Å². The molecule has 1 fully saturated rings. The van der Waals surface area contributed by atoms with Gasteiger partial charge in [0.1, 0.15) is 0 Å². The van der Waals surface area contributed by atoms with Crippen molar-refractivity contribution >= 4 is 0 Å². The van der Waals surface area contributed by atoms with Gasteiger partial charge in [-0.15, -0.1) is 0 Å². The van der Waals surface area contributed by atoms with Gasteiger partial charge in [0, 0.05) is 24.0 Å². The zero-order chi connectivity index (χ0) is 9.15. The molecule has 0 N–H and O–H groups in total. The van der Waals surface area contributed by atoms with E-state index in [9.17, 15) is 0 Å². The molecule has 2 nitrogen and oxygen atoms in total. The number of rotatable bonds is 4. The van der Waals surface area contributed by atoms with Crippen LogP contribution >= 0.6 is 0 Å². The van der Waals surface area contributed by atoms with Gasteiger partial charge in [0.25, 0.3) is 0 Å². The summed E-state index contributed by atoms with van der Waals surface area (Å²) in [6.45, 7) is 2.24. The van der Waals surface area contributed by atoms with Crippen molar-refractivity contribution in [2.45, 2.75) is 44.4 Å². The lowest BCUT2D eigenvalue weighted by molar-refractivity contribution is 0.559. The van der Waals surface area contributed by atoms with Crippen LogP contribution in [0.3, 0.4) is 0 Å². The van der Waals surface area contributed by atoms with Crippen LogP contribution in [0.1, 0.15) is 44.7 Å². The third kappa shape index (κ3) is 1.71. The van der Waals surface area contributed by atoms with Gasteiger partial charge in [0.15, 0.2) is 0 Å². The molecule has 1 aromatic heterocycles. The smallest absolute Gasteiger partial charge is 0.0648 e. The number of unbranched alkanes of at least 4 members (excludes halogenated alkanes) is 1. The molecule has 0 unspecified atom stereocenters. The molecule has 0 aliphatic heterocycles. The average molecular weight is 176 g/mol. The molecule has 70 valence electrons. The highest BCUT2D eigenvalue weighted by Crippen LogP contribution is 2.50. The van der Waals surface area contributed by atoms with Gasteiger partial charge in [0.2, 0.25) is 0 Å². The lowest BCUT2D eigenvalue weighted by Crippen LogP contribution is -2.08.